The van der Waals surface area contributed by atoms with Crippen LogP contribution >= 0.6 is 0 Å². The summed E-state index contributed by atoms with van der Waals surface area (Å²) < 4.78 is 4.55. The molecule has 0 spiro atoms. The van der Waals surface area contributed by atoms with Crippen LogP contribution in [0.5, 0.6) is 0 Å². The average Bonchev–Trinajstić information content (AvgIpc) is 2.40. The molecule has 0 saturated carbocycles. The monoisotopic (exact) mass is 280 g/mol. The molecule has 112 valence electrons. The highest BCUT2D eigenvalue weighted by Crippen LogP contribution is 2.12. The van der Waals surface area contributed by atoms with Gasteiger partial charge in [-0.2, -0.15) is 0 Å². The van der Waals surface area contributed by atoms with Gasteiger partial charge in [0.1, 0.15) is 11.4 Å². The molecular weight excluding hydrogens is 256 g/mol. The van der Waals surface area contributed by atoms with E-state index in [2.05, 4.69) is 19.9 Å². The molecule has 0 aliphatic carbocycles. The summed E-state index contributed by atoms with van der Waals surface area (Å²) in [5.41, 5.74) is 5.97. The number of hydrogen-bond donors (Lipinski definition) is 2. The van der Waals surface area contributed by atoms with E-state index in [-0.39, 0.29) is 5.60 Å². The molecule has 1 aliphatic rings. The van der Waals surface area contributed by atoms with Crippen molar-refractivity contribution in [2.75, 3.05) is 36.8 Å². The summed E-state index contributed by atoms with van der Waals surface area (Å²) >= 11 is 0. The van der Waals surface area contributed by atoms with Gasteiger partial charge in [0, 0.05) is 26.2 Å². The number of ether oxygens (including phenoxy) is 1. The number of nitrogens with one attached hydrogen (secondary N) is 1. The second-order valence-electron chi connectivity index (χ2n) is 5.51. The summed E-state index contributed by atoms with van der Waals surface area (Å²) in [7, 11) is 0. The van der Waals surface area contributed by atoms with Crippen LogP contribution in [0.3, 0.4) is 0 Å². The minimum atomic E-state index is -0.318. The molecule has 6 nitrogen and oxygen atoms in total. The summed E-state index contributed by atoms with van der Waals surface area (Å²) in [6, 6.07) is 3.87. The Kier molecular flexibility index (Phi) is 6.24. The number of anilines is 2. The zero-order chi connectivity index (χ0) is 15.0. The van der Waals surface area contributed by atoms with Crippen molar-refractivity contribution in [1.29, 1.82) is 0 Å². The molecule has 0 radical (unpaired) electrons. The Labute approximate surface area is 120 Å². The van der Waals surface area contributed by atoms with Crippen molar-refractivity contribution >= 4 is 18.0 Å². The lowest BCUT2D eigenvalue weighted by atomic mass is 10.2. The van der Waals surface area contributed by atoms with Crippen LogP contribution in [0, 0.1) is 0 Å². The molecule has 3 N–H and O–H groups in total. The van der Waals surface area contributed by atoms with Gasteiger partial charge in [-0.15, -0.1) is 0 Å². The van der Waals surface area contributed by atoms with Crippen LogP contribution in [0.15, 0.2) is 18.3 Å². The number of aromatic nitrogens is 1. The number of nitrogen functional groups attached to an aromatic ring is 1. The van der Waals surface area contributed by atoms with Gasteiger partial charge in [0.2, 0.25) is 0 Å². The SMILES string of the molecule is CC(C)(C)OC=O.Nc1ccc(N2CCNCC2)nc1. The van der Waals surface area contributed by atoms with Crippen LogP contribution in [-0.4, -0.2) is 43.2 Å². The molecule has 0 aromatic carbocycles. The molecule has 1 aliphatic heterocycles. The van der Waals surface area contributed by atoms with Gasteiger partial charge in [-0.3, -0.25) is 4.79 Å². The van der Waals surface area contributed by atoms with E-state index in [1.165, 1.54) is 0 Å². The molecule has 0 amide bonds. The number of rotatable bonds is 2. The van der Waals surface area contributed by atoms with Crippen LogP contribution < -0.4 is 16.0 Å². The third-order valence-electron chi connectivity index (χ3n) is 2.61. The Morgan fingerprint density at radius 3 is 2.40 bits per heavy atom. The van der Waals surface area contributed by atoms with Gasteiger partial charge in [-0.05, 0) is 32.9 Å². The normalized spacial score (nSPS) is 15.1. The summed E-state index contributed by atoms with van der Waals surface area (Å²) in [5, 5.41) is 3.30. The van der Waals surface area contributed by atoms with Gasteiger partial charge in [0.05, 0.1) is 11.9 Å². The van der Waals surface area contributed by atoms with E-state index in [1.54, 1.807) is 6.20 Å². The standard InChI is InChI=1S/C9H14N4.C5H10O2/c10-8-1-2-9(12-7-8)13-5-3-11-4-6-13;1-5(2,3)7-4-6/h1-2,7,11H,3-6,10H2;4H,1-3H3. The molecule has 1 saturated heterocycles. The Balaban J connectivity index is 0.000000246. The molecule has 6 heteroatoms. The molecule has 20 heavy (non-hydrogen) atoms. The van der Waals surface area contributed by atoms with E-state index < -0.39 is 0 Å². The second kappa shape index (κ2) is 7.69. The van der Waals surface area contributed by atoms with Gasteiger partial charge in [-0.25, -0.2) is 4.98 Å². The smallest absolute Gasteiger partial charge is 0.293 e. The fourth-order valence-electron chi connectivity index (χ4n) is 1.62. The Morgan fingerprint density at radius 2 is 2.00 bits per heavy atom. The molecule has 0 unspecified atom stereocenters. The van der Waals surface area contributed by atoms with Crippen LogP contribution in [0.1, 0.15) is 20.8 Å². The highest BCUT2D eigenvalue weighted by Gasteiger charge is 2.10. The van der Waals surface area contributed by atoms with E-state index in [1.807, 2.05) is 32.9 Å². The molecule has 1 fully saturated rings. The van der Waals surface area contributed by atoms with Gasteiger partial charge < -0.3 is 20.7 Å². The van der Waals surface area contributed by atoms with E-state index in [4.69, 9.17) is 5.73 Å². The van der Waals surface area contributed by atoms with Gasteiger partial charge in [0.25, 0.3) is 6.47 Å². The van der Waals surface area contributed by atoms with Crippen molar-refractivity contribution in [3.05, 3.63) is 18.3 Å². The summed E-state index contributed by atoms with van der Waals surface area (Å²) in [6.07, 6.45) is 1.71. The molecule has 1 aromatic rings. The van der Waals surface area contributed by atoms with Gasteiger partial charge >= 0.3 is 0 Å². The Hall–Kier alpha value is -1.82. The van der Waals surface area contributed by atoms with Crippen molar-refractivity contribution in [3.8, 4) is 0 Å². The minimum Gasteiger partial charge on any atom is -0.462 e. The topological polar surface area (TPSA) is 80.5 Å². The maximum Gasteiger partial charge on any atom is 0.293 e. The summed E-state index contributed by atoms with van der Waals surface area (Å²) in [4.78, 5) is 16.1. The molecule has 2 rings (SSSR count). The van der Waals surface area contributed by atoms with Crippen molar-refractivity contribution in [1.82, 2.24) is 10.3 Å². The first-order valence-corrected chi connectivity index (χ1v) is 6.71. The van der Waals surface area contributed by atoms with Crippen LogP contribution in [0.25, 0.3) is 0 Å². The second-order valence-corrected chi connectivity index (χ2v) is 5.51. The lowest BCUT2D eigenvalue weighted by Crippen LogP contribution is -2.43. The van der Waals surface area contributed by atoms with E-state index in [0.29, 0.717) is 6.47 Å². The molecular formula is C14H24N4O2. The lowest BCUT2D eigenvalue weighted by molar-refractivity contribution is -0.138. The number of piperazine rings is 1. The van der Waals surface area contributed by atoms with E-state index in [0.717, 1.165) is 37.7 Å². The first kappa shape index (κ1) is 16.2. The van der Waals surface area contributed by atoms with Gasteiger partial charge in [-0.1, -0.05) is 0 Å². The maximum atomic E-state index is 9.60. The quantitative estimate of drug-likeness (QED) is 0.788. The van der Waals surface area contributed by atoms with Crippen molar-refractivity contribution in [2.24, 2.45) is 0 Å². The Morgan fingerprint density at radius 1 is 1.35 bits per heavy atom. The van der Waals surface area contributed by atoms with Crippen molar-refractivity contribution in [2.45, 2.75) is 26.4 Å². The number of nitrogens with two attached hydrogens (primary N) is 1. The number of carbonyl (C=O) groups excluding carboxylic acids is 1. The first-order chi connectivity index (χ1) is 9.42. The highest BCUT2D eigenvalue weighted by molar-refractivity contribution is 5.46. The number of carbonyl (C=O) groups is 1. The number of nitrogens with zero attached hydrogens (tertiary/aromatic N) is 2. The number of hydrogen-bond acceptors (Lipinski definition) is 6. The zero-order valence-corrected chi connectivity index (χ0v) is 12.4. The van der Waals surface area contributed by atoms with E-state index in [9.17, 15) is 4.79 Å². The largest absolute Gasteiger partial charge is 0.462 e. The zero-order valence-electron chi connectivity index (χ0n) is 12.4. The minimum absolute atomic E-state index is 0.318. The van der Waals surface area contributed by atoms with Crippen molar-refractivity contribution in [3.63, 3.8) is 0 Å². The summed E-state index contributed by atoms with van der Waals surface area (Å²) in [6.45, 7) is 10.0. The Bertz CT molecular complexity index is 395. The predicted molar refractivity (Wildman–Crippen MR) is 80.6 cm³/mol. The van der Waals surface area contributed by atoms with E-state index >= 15 is 0 Å². The van der Waals surface area contributed by atoms with Crippen LogP contribution in [0.4, 0.5) is 11.5 Å². The maximum absolute atomic E-state index is 9.60. The number of pyridine rings is 1. The average molecular weight is 280 g/mol. The van der Waals surface area contributed by atoms with Gasteiger partial charge in [0.15, 0.2) is 0 Å². The third kappa shape index (κ3) is 6.38. The lowest BCUT2D eigenvalue weighted by Gasteiger charge is -2.28. The third-order valence-corrected chi connectivity index (χ3v) is 2.61. The van der Waals surface area contributed by atoms with Crippen molar-refractivity contribution < 1.29 is 9.53 Å². The summed E-state index contributed by atoms with van der Waals surface area (Å²) in [5.74, 6) is 1.02. The first-order valence-electron chi connectivity index (χ1n) is 6.71. The fourth-order valence-corrected chi connectivity index (χ4v) is 1.62. The molecule has 1 aromatic heterocycles. The van der Waals surface area contributed by atoms with Crippen LogP contribution in [0.2, 0.25) is 0 Å². The highest BCUT2D eigenvalue weighted by atomic mass is 16.5. The predicted octanol–water partition coefficient (Wildman–Crippen LogP) is 1.03. The fraction of sp³-hybridized carbons (Fsp3) is 0.571. The molecule has 2 heterocycles. The molecule has 0 bridgehead atoms. The molecule has 0 atom stereocenters. The van der Waals surface area contributed by atoms with Crippen LogP contribution in [-0.2, 0) is 9.53 Å².